The lowest BCUT2D eigenvalue weighted by atomic mass is 9.70. The third-order valence-electron chi connectivity index (χ3n) is 4.91. The number of aryl methyl sites for hydroxylation is 2. The lowest BCUT2D eigenvalue weighted by Gasteiger charge is -2.35. The van der Waals surface area contributed by atoms with Crippen LogP contribution in [-0.2, 0) is 0 Å². The van der Waals surface area contributed by atoms with Gasteiger partial charge in [-0.25, -0.2) is 0 Å². The van der Waals surface area contributed by atoms with E-state index in [1.54, 1.807) is 0 Å². The van der Waals surface area contributed by atoms with E-state index in [0.29, 0.717) is 5.41 Å². The largest absolute Gasteiger partial charge is 0.404 e. The van der Waals surface area contributed by atoms with Crippen LogP contribution in [0.1, 0.15) is 82.4 Å². The van der Waals surface area contributed by atoms with Crippen LogP contribution in [-0.4, -0.2) is 0 Å². The average molecular weight is 302 g/mol. The molecule has 0 saturated heterocycles. The molecule has 0 fully saturated rings. The predicted molar refractivity (Wildman–Crippen MR) is 99.9 cm³/mol. The molecule has 0 unspecified atom stereocenters. The molecule has 1 rings (SSSR count). The Bertz CT molecular complexity index is 447. The number of nitrogens with two attached hydrogens (primary N) is 1. The summed E-state index contributed by atoms with van der Waals surface area (Å²) in [6.45, 7) is 11.3. The predicted octanol–water partition coefficient (Wildman–Crippen LogP) is 6.38. The van der Waals surface area contributed by atoms with Crippen LogP contribution in [0.25, 0.3) is 5.57 Å². The first-order valence-electron chi connectivity index (χ1n) is 9.01. The molecule has 124 valence electrons. The molecule has 0 aliphatic carbocycles. The summed E-state index contributed by atoms with van der Waals surface area (Å²) in [4.78, 5) is 0. The van der Waals surface area contributed by atoms with Gasteiger partial charge in [-0.1, -0.05) is 58.2 Å². The summed E-state index contributed by atoms with van der Waals surface area (Å²) in [7, 11) is 0. The van der Waals surface area contributed by atoms with E-state index in [1.807, 2.05) is 6.20 Å². The summed E-state index contributed by atoms with van der Waals surface area (Å²) < 4.78 is 0. The van der Waals surface area contributed by atoms with Crippen molar-refractivity contribution in [3.8, 4) is 0 Å². The maximum Gasteiger partial charge on any atom is -0.00233 e. The van der Waals surface area contributed by atoms with E-state index < -0.39 is 0 Å². The van der Waals surface area contributed by atoms with Crippen molar-refractivity contribution in [1.82, 2.24) is 0 Å². The molecule has 2 N–H and O–H groups in total. The van der Waals surface area contributed by atoms with Gasteiger partial charge in [0.1, 0.15) is 0 Å². The van der Waals surface area contributed by atoms with E-state index in [1.165, 1.54) is 60.8 Å². The Hall–Kier alpha value is -1.24. The molecule has 1 aromatic carbocycles. The summed E-state index contributed by atoms with van der Waals surface area (Å²) in [6, 6.07) is 6.54. The van der Waals surface area contributed by atoms with Crippen molar-refractivity contribution >= 4 is 5.57 Å². The highest BCUT2D eigenvalue weighted by Gasteiger charge is 2.29. The molecule has 0 spiro atoms. The number of hydrogen-bond acceptors (Lipinski definition) is 1. The van der Waals surface area contributed by atoms with Gasteiger partial charge in [0.2, 0.25) is 0 Å². The Kier molecular flexibility index (Phi) is 7.72. The molecule has 0 amide bonds. The summed E-state index contributed by atoms with van der Waals surface area (Å²) in [5, 5.41) is 0. The van der Waals surface area contributed by atoms with Gasteiger partial charge < -0.3 is 5.73 Å². The van der Waals surface area contributed by atoms with Crippen molar-refractivity contribution in [1.29, 1.82) is 0 Å². The van der Waals surface area contributed by atoms with Gasteiger partial charge in [-0.05, 0) is 73.4 Å². The number of rotatable bonds is 9. The summed E-state index contributed by atoms with van der Waals surface area (Å²) in [5.74, 6) is 0. The second-order valence-corrected chi connectivity index (χ2v) is 6.89. The van der Waals surface area contributed by atoms with Crippen LogP contribution in [0.4, 0.5) is 0 Å². The smallest absolute Gasteiger partial charge is 0.00233 e. The number of allylic oxidation sites excluding steroid dienone is 1. The van der Waals surface area contributed by atoms with Crippen LogP contribution >= 0.6 is 0 Å². The molecule has 1 nitrogen and oxygen atoms in total. The fraction of sp³-hybridized carbons (Fsp3) is 0.619. The van der Waals surface area contributed by atoms with E-state index in [9.17, 15) is 0 Å². The van der Waals surface area contributed by atoms with Crippen molar-refractivity contribution in [2.24, 2.45) is 11.1 Å². The minimum Gasteiger partial charge on any atom is -0.404 e. The second-order valence-electron chi connectivity index (χ2n) is 6.89. The zero-order valence-corrected chi connectivity index (χ0v) is 15.3. The summed E-state index contributed by atoms with van der Waals surface area (Å²) >= 11 is 0. The zero-order valence-electron chi connectivity index (χ0n) is 15.3. The lowest BCUT2D eigenvalue weighted by molar-refractivity contribution is 0.218. The van der Waals surface area contributed by atoms with E-state index in [4.69, 9.17) is 5.73 Å². The SMILES string of the molecule is CCCC(CCC)(CCC)C/C(=C/N)c1c(C)cccc1C. The van der Waals surface area contributed by atoms with E-state index in [0.717, 1.165) is 6.42 Å². The van der Waals surface area contributed by atoms with Crippen molar-refractivity contribution in [2.45, 2.75) is 79.6 Å². The minimum atomic E-state index is 0.415. The number of benzene rings is 1. The Morgan fingerprint density at radius 3 is 1.77 bits per heavy atom. The molecular formula is C21H35N. The minimum absolute atomic E-state index is 0.415. The van der Waals surface area contributed by atoms with Gasteiger partial charge in [0.25, 0.3) is 0 Å². The monoisotopic (exact) mass is 301 g/mol. The Labute approximate surface area is 138 Å². The Morgan fingerprint density at radius 1 is 0.955 bits per heavy atom. The quantitative estimate of drug-likeness (QED) is 0.562. The highest BCUT2D eigenvalue weighted by molar-refractivity contribution is 5.71. The molecule has 0 aromatic heterocycles. The summed E-state index contributed by atoms with van der Waals surface area (Å²) in [5.41, 5.74) is 11.9. The molecule has 0 radical (unpaired) electrons. The number of hydrogen-bond donors (Lipinski definition) is 1. The molecular weight excluding hydrogens is 266 g/mol. The average Bonchev–Trinajstić information content (AvgIpc) is 2.46. The molecule has 1 aromatic rings. The van der Waals surface area contributed by atoms with E-state index in [-0.39, 0.29) is 0 Å². The highest BCUT2D eigenvalue weighted by atomic mass is 14.5. The normalized spacial score (nSPS) is 12.7. The topological polar surface area (TPSA) is 26.0 Å². The van der Waals surface area contributed by atoms with Crippen molar-refractivity contribution in [3.63, 3.8) is 0 Å². The van der Waals surface area contributed by atoms with Crippen molar-refractivity contribution in [2.75, 3.05) is 0 Å². The van der Waals surface area contributed by atoms with Gasteiger partial charge >= 0.3 is 0 Å². The van der Waals surface area contributed by atoms with Crippen LogP contribution in [0.5, 0.6) is 0 Å². The van der Waals surface area contributed by atoms with Crippen LogP contribution in [0.15, 0.2) is 24.4 Å². The Balaban J connectivity index is 3.18. The first-order chi connectivity index (χ1) is 10.5. The van der Waals surface area contributed by atoms with Crippen molar-refractivity contribution < 1.29 is 0 Å². The van der Waals surface area contributed by atoms with Gasteiger partial charge in [-0.2, -0.15) is 0 Å². The van der Waals surface area contributed by atoms with Gasteiger partial charge in [-0.3, -0.25) is 0 Å². The van der Waals surface area contributed by atoms with Gasteiger partial charge in [-0.15, -0.1) is 0 Å². The third kappa shape index (κ3) is 4.63. The van der Waals surface area contributed by atoms with E-state index in [2.05, 4.69) is 52.8 Å². The molecule has 0 atom stereocenters. The lowest BCUT2D eigenvalue weighted by Crippen LogP contribution is -2.22. The second kappa shape index (κ2) is 9.02. The van der Waals surface area contributed by atoms with Crippen LogP contribution in [0, 0.1) is 19.3 Å². The fourth-order valence-corrected chi connectivity index (χ4v) is 4.19. The van der Waals surface area contributed by atoms with Crippen molar-refractivity contribution in [3.05, 3.63) is 41.1 Å². The first kappa shape index (κ1) is 18.8. The molecule has 0 aliphatic heterocycles. The maximum atomic E-state index is 6.08. The van der Waals surface area contributed by atoms with Crippen LogP contribution in [0.2, 0.25) is 0 Å². The fourth-order valence-electron chi connectivity index (χ4n) is 4.19. The third-order valence-corrected chi connectivity index (χ3v) is 4.91. The maximum absolute atomic E-state index is 6.08. The van der Waals surface area contributed by atoms with E-state index >= 15 is 0 Å². The molecule has 0 heterocycles. The molecule has 22 heavy (non-hydrogen) atoms. The van der Waals surface area contributed by atoms with Gasteiger partial charge in [0.15, 0.2) is 0 Å². The Morgan fingerprint density at radius 2 is 1.41 bits per heavy atom. The zero-order chi connectivity index (χ0) is 16.6. The first-order valence-corrected chi connectivity index (χ1v) is 9.01. The van der Waals surface area contributed by atoms with Gasteiger partial charge in [0.05, 0.1) is 0 Å². The van der Waals surface area contributed by atoms with Crippen LogP contribution in [0.3, 0.4) is 0 Å². The van der Waals surface area contributed by atoms with Crippen LogP contribution < -0.4 is 5.73 Å². The molecule has 0 aliphatic rings. The molecule has 1 heteroatoms. The molecule has 0 bridgehead atoms. The van der Waals surface area contributed by atoms with Gasteiger partial charge in [0, 0.05) is 0 Å². The highest BCUT2D eigenvalue weighted by Crippen LogP contribution is 2.44. The molecule has 0 saturated carbocycles. The standard InChI is InChI=1S/C21H35N/c1-6-12-21(13-7-2,14-8-3)15-19(16-22)20-17(4)10-9-11-18(20)5/h9-11,16H,6-8,12-15,22H2,1-5H3/b19-16-. The summed E-state index contributed by atoms with van der Waals surface area (Å²) in [6.07, 6.45) is 10.7.